The summed E-state index contributed by atoms with van der Waals surface area (Å²) in [7, 11) is 0. The zero-order chi connectivity index (χ0) is 25.5. The molecular formula is C29H28N2O5. The predicted molar refractivity (Wildman–Crippen MR) is 137 cm³/mol. The third kappa shape index (κ3) is 6.12. The van der Waals surface area contributed by atoms with Gasteiger partial charge in [0.2, 0.25) is 0 Å². The van der Waals surface area contributed by atoms with E-state index in [1.54, 1.807) is 6.07 Å². The first-order valence-corrected chi connectivity index (χ1v) is 11.9. The molecule has 0 spiro atoms. The highest BCUT2D eigenvalue weighted by Gasteiger charge is 2.31. The number of likely N-dealkylation sites (tertiary alicyclic amines) is 1. The second-order valence-electron chi connectivity index (χ2n) is 8.85. The molecule has 0 radical (unpaired) electrons. The number of esters is 1. The fraction of sp³-hybridized carbons (Fsp3) is 0.241. The highest BCUT2D eigenvalue weighted by Crippen LogP contribution is 2.32. The first-order chi connectivity index (χ1) is 17.4. The predicted octanol–water partition coefficient (Wildman–Crippen LogP) is 5.36. The lowest BCUT2D eigenvalue weighted by atomic mass is 9.94. The standard InChI is InChI=1S/C29H28N2O5/c1-21(32)27(19-22-10-8-15-25(18-22)31(34)35)29(33)36-26-16-9-17-30(20-26)28(23-11-4-2-5-12-23)24-13-6-3-7-14-24/h2-8,10-15,18-19,26,28H,9,16-17,20H2,1H3/b27-19+. The van der Waals surface area contributed by atoms with Gasteiger partial charge in [-0.1, -0.05) is 72.8 Å². The molecule has 36 heavy (non-hydrogen) atoms. The Morgan fingerprint density at radius 3 is 2.22 bits per heavy atom. The van der Waals surface area contributed by atoms with Crippen LogP contribution in [0.3, 0.4) is 0 Å². The Hall–Kier alpha value is -4.10. The smallest absolute Gasteiger partial charge is 0.342 e. The van der Waals surface area contributed by atoms with Crippen LogP contribution >= 0.6 is 0 Å². The van der Waals surface area contributed by atoms with E-state index in [-0.39, 0.29) is 23.4 Å². The summed E-state index contributed by atoms with van der Waals surface area (Å²) < 4.78 is 5.81. The molecule has 0 amide bonds. The second-order valence-corrected chi connectivity index (χ2v) is 8.85. The first-order valence-electron chi connectivity index (χ1n) is 11.9. The van der Waals surface area contributed by atoms with Gasteiger partial charge in [0, 0.05) is 18.7 Å². The third-order valence-electron chi connectivity index (χ3n) is 6.27. The van der Waals surface area contributed by atoms with Gasteiger partial charge in [0.15, 0.2) is 5.78 Å². The number of hydrogen-bond donors (Lipinski definition) is 0. The Kier molecular flexibility index (Phi) is 8.02. The maximum atomic E-state index is 13.0. The molecule has 1 atom stereocenters. The molecule has 0 saturated carbocycles. The van der Waals surface area contributed by atoms with Crippen LogP contribution in [0.5, 0.6) is 0 Å². The highest BCUT2D eigenvalue weighted by molar-refractivity contribution is 6.19. The first kappa shape index (κ1) is 25.0. The number of non-ortho nitro benzene ring substituents is 1. The van der Waals surface area contributed by atoms with Gasteiger partial charge in [0.05, 0.1) is 11.0 Å². The van der Waals surface area contributed by atoms with E-state index in [1.807, 2.05) is 36.4 Å². The van der Waals surface area contributed by atoms with Gasteiger partial charge in [-0.3, -0.25) is 19.8 Å². The molecule has 3 aromatic carbocycles. The molecular weight excluding hydrogens is 456 g/mol. The molecule has 3 aromatic rings. The van der Waals surface area contributed by atoms with Crippen molar-refractivity contribution >= 4 is 23.5 Å². The number of carbonyl (C=O) groups is 2. The van der Waals surface area contributed by atoms with E-state index >= 15 is 0 Å². The van der Waals surface area contributed by atoms with Crippen LogP contribution in [0.15, 0.2) is 90.5 Å². The largest absolute Gasteiger partial charge is 0.457 e. The summed E-state index contributed by atoms with van der Waals surface area (Å²) in [5.74, 6) is -1.16. The number of Topliss-reactive ketones (excluding diaryl/α,β-unsaturated/α-hetero) is 1. The normalized spacial score (nSPS) is 16.5. The second kappa shape index (κ2) is 11.6. The van der Waals surface area contributed by atoms with Gasteiger partial charge in [-0.25, -0.2) is 4.79 Å². The lowest BCUT2D eigenvalue weighted by Crippen LogP contribution is -2.43. The number of piperidine rings is 1. The van der Waals surface area contributed by atoms with E-state index in [2.05, 4.69) is 29.2 Å². The molecule has 4 rings (SSSR count). The lowest BCUT2D eigenvalue weighted by molar-refractivity contribution is -0.384. The zero-order valence-electron chi connectivity index (χ0n) is 20.1. The fourth-order valence-corrected chi connectivity index (χ4v) is 4.60. The van der Waals surface area contributed by atoms with Crippen molar-refractivity contribution in [2.75, 3.05) is 13.1 Å². The highest BCUT2D eigenvalue weighted by atomic mass is 16.6. The number of nitro groups is 1. The minimum Gasteiger partial charge on any atom is -0.457 e. The average molecular weight is 485 g/mol. The monoisotopic (exact) mass is 484 g/mol. The van der Waals surface area contributed by atoms with Crippen molar-refractivity contribution in [3.63, 3.8) is 0 Å². The van der Waals surface area contributed by atoms with Gasteiger partial charge in [-0.15, -0.1) is 0 Å². The molecule has 7 heteroatoms. The van der Waals surface area contributed by atoms with Crippen LogP contribution in [-0.2, 0) is 14.3 Å². The summed E-state index contributed by atoms with van der Waals surface area (Å²) in [5.41, 5.74) is 2.47. The maximum Gasteiger partial charge on any atom is 0.342 e. The van der Waals surface area contributed by atoms with E-state index in [1.165, 1.54) is 31.2 Å². The van der Waals surface area contributed by atoms with E-state index < -0.39 is 16.7 Å². The number of carbonyl (C=O) groups excluding carboxylic acids is 2. The number of ketones is 1. The van der Waals surface area contributed by atoms with Gasteiger partial charge in [-0.05, 0) is 49.1 Å². The van der Waals surface area contributed by atoms with Gasteiger partial charge in [-0.2, -0.15) is 0 Å². The quantitative estimate of drug-likeness (QED) is 0.107. The van der Waals surface area contributed by atoms with Crippen LogP contribution in [0.4, 0.5) is 5.69 Å². The Labute approximate surface area is 210 Å². The van der Waals surface area contributed by atoms with Gasteiger partial charge < -0.3 is 4.74 Å². The van der Waals surface area contributed by atoms with Crippen LogP contribution in [0.25, 0.3) is 6.08 Å². The van der Waals surface area contributed by atoms with Crippen molar-refractivity contribution in [2.45, 2.75) is 31.9 Å². The Morgan fingerprint density at radius 2 is 1.64 bits per heavy atom. The summed E-state index contributed by atoms with van der Waals surface area (Å²) in [5, 5.41) is 11.1. The maximum absolute atomic E-state index is 13.0. The number of nitro benzene ring substituents is 1. The van der Waals surface area contributed by atoms with E-state index in [0.29, 0.717) is 18.5 Å². The molecule has 184 valence electrons. The van der Waals surface area contributed by atoms with Crippen LogP contribution in [-0.4, -0.2) is 40.8 Å². The van der Waals surface area contributed by atoms with Crippen LogP contribution < -0.4 is 0 Å². The molecule has 1 aliphatic heterocycles. The molecule has 1 aliphatic rings. The number of nitrogens with zero attached hydrogens (tertiary/aromatic N) is 2. The van der Waals surface area contributed by atoms with Gasteiger partial charge in [0.1, 0.15) is 11.7 Å². The third-order valence-corrected chi connectivity index (χ3v) is 6.27. The van der Waals surface area contributed by atoms with E-state index in [0.717, 1.165) is 24.1 Å². The van der Waals surface area contributed by atoms with E-state index in [4.69, 9.17) is 4.74 Å². The van der Waals surface area contributed by atoms with Crippen molar-refractivity contribution in [3.05, 3.63) is 117 Å². The van der Waals surface area contributed by atoms with Crippen LogP contribution in [0.2, 0.25) is 0 Å². The minimum atomic E-state index is -0.711. The topological polar surface area (TPSA) is 89.8 Å². The number of rotatable bonds is 8. The summed E-state index contributed by atoms with van der Waals surface area (Å²) in [6.45, 7) is 2.67. The molecule has 1 heterocycles. The minimum absolute atomic E-state index is 0.0154. The molecule has 0 N–H and O–H groups in total. The molecule has 0 bridgehead atoms. The lowest BCUT2D eigenvalue weighted by Gasteiger charge is -2.38. The van der Waals surface area contributed by atoms with Gasteiger partial charge in [0.25, 0.3) is 5.69 Å². The summed E-state index contributed by atoms with van der Waals surface area (Å²) in [6.07, 6.45) is 2.52. The molecule has 0 aromatic heterocycles. The SMILES string of the molecule is CC(=O)/C(=C\c1cccc([N+](=O)[O-])c1)C(=O)OC1CCCN(C(c2ccccc2)c2ccccc2)C1. The Morgan fingerprint density at radius 1 is 1.00 bits per heavy atom. The van der Waals surface area contributed by atoms with Crippen molar-refractivity contribution in [3.8, 4) is 0 Å². The molecule has 0 aliphatic carbocycles. The average Bonchev–Trinajstić information content (AvgIpc) is 2.89. The molecule has 7 nitrogen and oxygen atoms in total. The Balaban J connectivity index is 1.54. The number of ether oxygens (including phenoxy) is 1. The Bertz CT molecular complexity index is 1220. The van der Waals surface area contributed by atoms with Crippen LogP contribution in [0.1, 0.15) is 42.5 Å². The summed E-state index contributed by atoms with van der Waals surface area (Å²) in [6, 6.07) is 26.3. The van der Waals surface area contributed by atoms with E-state index in [9.17, 15) is 19.7 Å². The molecule has 1 fully saturated rings. The molecule has 1 saturated heterocycles. The molecule has 1 unspecified atom stereocenters. The number of benzene rings is 3. The number of hydrogen-bond acceptors (Lipinski definition) is 6. The van der Waals surface area contributed by atoms with Crippen molar-refractivity contribution in [2.24, 2.45) is 0 Å². The van der Waals surface area contributed by atoms with Crippen molar-refractivity contribution in [1.82, 2.24) is 4.90 Å². The van der Waals surface area contributed by atoms with Crippen LogP contribution in [0, 0.1) is 10.1 Å². The summed E-state index contributed by atoms with van der Waals surface area (Å²) >= 11 is 0. The van der Waals surface area contributed by atoms with Crippen molar-refractivity contribution < 1.29 is 19.2 Å². The summed E-state index contributed by atoms with van der Waals surface area (Å²) in [4.78, 5) is 38.2. The van der Waals surface area contributed by atoms with Crippen molar-refractivity contribution in [1.29, 1.82) is 0 Å². The fourth-order valence-electron chi connectivity index (χ4n) is 4.60. The zero-order valence-corrected chi connectivity index (χ0v) is 20.1. The van der Waals surface area contributed by atoms with Gasteiger partial charge >= 0.3 is 5.97 Å².